The second kappa shape index (κ2) is 3.92. The van der Waals surface area contributed by atoms with E-state index in [0.29, 0.717) is 5.92 Å². The Morgan fingerprint density at radius 1 is 1.25 bits per heavy atom. The third kappa shape index (κ3) is 2.50. The zero-order valence-corrected chi connectivity index (χ0v) is 8.17. The number of esters is 1. The standard InChI is InChI=1S/C10H18O2/c1-7-4-5-10(6-8(7)2)12-9(3)11/h7-8,10H,4-6H2,1-3H3. The minimum Gasteiger partial charge on any atom is -0.463 e. The maximum absolute atomic E-state index is 10.7. The fourth-order valence-electron chi connectivity index (χ4n) is 1.84. The summed E-state index contributed by atoms with van der Waals surface area (Å²) in [7, 11) is 0. The Balaban J connectivity index is 2.35. The van der Waals surface area contributed by atoms with Crippen LogP contribution in [-0.4, -0.2) is 12.1 Å². The highest BCUT2D eigenvalue weighted by atomic mass is 16.5. The van der Waals surface area contributed by atoms with Crippen LogP contribution in [0.4, 0.5) is 0 Å². The summed E-state index contributed by atoms with van der Waals surface area (Å²) in [5, 5.41) is 0. The summed E-state index contributed by atoms with van der Waals surface area (Å²) >= 11 is 0. The first-order valence-electron chi connectivity index (χ1n) is 4.76. The fraction of sp³-hybridized carbons (Fsp3) is 0.900. The first-order valence-corrected chi connectivity index (χ1v) is 4.76. The first kappa shape index (κ1) is 9.56. The van der Waals surface area contributed by atoms with Crippen molar-refractivity contribution in [3.8, 4) is 0 Å². The lowest BCUT2D eigenvalue weighted by Crippen LogP contribution is -2.27. The number of hydrogen-bond donors (Lipinski definition) is 0. The Hall–Kier alpha value is -0.530. The maximum Gasteiger partial charge on any atom is 0.302 e. The molecule has 2 nitrogen and oxygen atoms in total. The molecular formula is C10H18O2. The lowest BCUT2D eigenvalue weighted by Gasteiger charge is -2.31. The second-order valence-corrected chi connectivity index (χ2v) is 4.00. The third-order valence-electron chi connectivity index (χ3n) is 2.88. The van der Waals surface area contributed by atoms with E-state index in [-0.39, 0.29) is 12.1 Å². The summed E-state index contributed by atoms with van der Waals surface area (Å²) in [6, 6.07) is 0. The van der Waals surface area contributed by atoms with Crippen molar-refractivity contribution in [1.82, 2.24) is 0 Å². The molecule has 3 unspecified atom stereocenters. The van der Waals surface area contributed by atoms with Crippen LogP contribution < -0.4 is 0 Å². The van der Waals surface area contributed by atoms with Crippen molar-refractivity contribution in [2.75, 3.05) is 0 Å². The smallest absolute Gasteiger partial charge is 0.302 e. The topological polar surface area (TPSA) is 26.3 Å². The molecule has 0 radical (unpaired) electrons. The van der Waals surface area contributed by atoms with E-state index >= 15 is 0 Å². The Labute approximate surface area is 74.3 Å². The van der Waals surface area contributed by atoms with E-state index in [4.69, 9.17) is 4.74 Å². The van der Waals surface area contributed by atoms with Gasteiger partial charge in [-0.15, -0.1) is 0 Å². The molecule has 1 aliphatic rings. The van der Waals surface area contributed by atoms with E-state index in [2.05, 4.69) is 13.8 Å². The van der Waals surface area contributed by atoms with Gasteiger partial charge in [0.25, 0.3) is 0 Å². The van der Waals surface area contributed by atoms with E-state index in [1.807, 2.05) is 0 Å². The van der Waals surface area contributed by atoms with Crippen molar-refractivity contribution >= 4 is 5.97 Å². The van der Waals surface area contributed by atoms with E-state index in [9.17, 15) is 4.79 Å². The molecule has 0 aromatic carbocycles. The highest BCUT2D eigenvalue weighted by Gasteiger charge is 2.25. The van der Waals surface area contributed by atoms with Crippen molar-refractivity contribution in [3.05, 3.63) is 0 Å². The summed E-state index contributed by atoms with van der Waals surface area (Å²) in [5.41, 5.74) is 0. The van der Waals surface area contributed by atoms with Crippen molar-refractivity contribution in [3.63, 3.8) is 0 Å². The minimum absolute atomic E-state index is 0.137. The monoisotopic (exact) mass is 170 g/mol. The van der Waals surface area contributed by atoms with Crippen LogP contribution in [0.5, 0.6) is 0 Å². The van der Waals surface area contributed by atoms with Gasteiger partial charge in [0.1, 0.15) is 6.10 Å². The SMILES string of the molecule is CC(=O)OC1CCC(C)C(C)C1. The molecule has 2 heteroatoms. The van der Waals surface area contributed by atoms with Crippen LogP contribution in [0, 0.1) is 11.8 Å². The Morgan fingerprint density at radius 2 is 1.92 bits per heavy atom. The number of rotatable bonds is 1. The van der Waals surface area contributed by atoms with Crippen molar-refractivity contribution in [2.45, 2.75) is 46.1 Å². The quantitative estimate of drug-likeness (QED) is 0.565. The van der Waals surface area contributed by atoms with Gasteiger partial charge in [-0.3, -0.25) is 4.79 Å². The minimum atomic E-state index is -0.137. The molecule has 12 heavy (non-hydrogen) atoms. The van der Waals surface area contributed by atoms with Crippen LogP contribution in [0.2, 0.25) is 0 Å². The van der Waals surface area contributed by atoms with Gasteiger partial charge in [0.2, 0.25) is 0 Å². The summed E-state index contributed by atoms with van der Waals surface area (Å²) in [5.74, 6) is 1.35. The molecule has 3 atom stereocenters. The molecule has 0 spiro atoms. The Kier molecular flexibility index (Phi) is 3.12. The summed E-state index contributed by atoms with van der Waals surface area (Å²) < 4.78 is 5.17. The van der Waals surface area contributed by atoms with Gasteiger partial charge in [-0.2, -0.15) is 0 Å². The van der Waals surface area contributed by atoms with E-state index in [0.717, 1.165) is 18.8 Å². The summed E-state index contributed by atoms with van der Waals surface area (Å²) in [6.45, 7) is 6.00. The van der Waals surface area contributed by atoms with E-state index in [1.165, 1.54) is 13.3 Å². The van der Waals surface area contributed by atoms with Crippen LogP contribution in [0.3, 0.4) is 0 Å². The predicted octanol–water partition coefficient (Wildman–Crippen LogP) is 2.37. The van der Waals surface area contributed by atoms with Crippen LogP contribution in [0.15, 0.2) is 0 Å². The van der Waals surface area contributed by atoms with Gasteiger partial charge >= 0.3 is 5.97 Å². The molecule has 0 aromatic rings. The van der Waals surface area contributed by atoms with Gasteiger partial charge in [-0.1, -0.05) is 13.8 Å². The molecule has 1 rings (SSSR count). The van der Waals surface area contributed by atoms with Crippen molar-refractivity contribution in [2.24, 2.45) is 11.8 Å². The zero-order valence-electron chi connectivity index (χ0n) is 8.17. The normalized spacial score (nSPS) is 36.1. The van der Waals surface area contributed by atoms with Crippen LogP contribution >= 0.6 is 0 Å². The van der Waals surface area contributed by atoms with Gasteiger partial charge in [-0.25, -0.2) is 0 Å². The predicted molar refractivity (Wildman–Crippen MR) is 47.7 cm³/mol. The third-order valence-corrected chi connectivity index (χ3v) is 2.88. The fourth-order valence-corrected chi connectivity index (χ4v) is 1.84. The van der Waals surface area contributed by atoms with Crippen molar-refractivity contribution in [1.29, 1.82) is 0 Å². The zero-order chi connectivity index (χ0) is 9.14. The Bertz CT molecular complexity index is 165. The highest BCUT2D eigenvalue weighted by Crippen LogP contribution is 2.30. The van der Waals surface area contributed by atoms with E-state index in [1.54, 1.807) is 0 Å². The van der Waals surface area contributed by atoms with Gasteiger partial charge in [0.15, 0.2) is 0 Å². The second-order valence-electron chi connectivity index (χ2n) is 4.00. The summed E-state index contributed by atoms with van der Waals surface area (Å²) in [6.07, 6.45) is 3.47. The lowest BCUT2D eigenvalue weighted by molar-refractivity contribution is -0.149. The molecule has 70 valence electrons. The van der Waals surface area contributed by atoms with Gasteiger partial charge in [-0.05, 0) is 31.1 Å². The summed E-state index contributed by atoms with van der Waals surface area (Å²) in [4.78, 5) is 10.7. The molecule has 1 fully saturated rings. The molecule has 0 amide bonds. The largest absolute Gasteiger partial charge is 0.463 e. The number of hydrogen-bond acceptors (Lipinski definition) is 2. The average molecular weight is 170 g/mol. The molecule has 1 saturated carbocycles. The Morgan fingerprint density at radius 3 is 2.42 bits per heavy atom. The average Bonchev–Trinajstić information content (AvgIpc) is 1.96. The number of carbonyl (C=O) groups excluding carboxylic acids is 1. The molecule has 0 heterocycles. The van der Waals surface area contributed by atoms with Crippen molar-refractivity contribution < 1.29 is 9.53 Å². The molecule has 0 aliphatic heterocycles. The van der Waals surface area contributed by atoms with E-state index < -0.39 is 0 Å². The van der Waals surface area contributed by atoms with Crippen LogP contribution in [0.1, 0.15) is 40.0 Å². The van der Waals surface area contributed by atoms with Crippen LogP contribution in [0.25, 0.3) is 0 Å². The van der Waals surface area contributed by atoms with Gasteiger partial charge in [0.05, 0.1) is 0 Å². The molecule has 0 N–H and O–H groups in total. The first-order chi connectivity index (χ1) is 5.59. The maximum atomic E-state index is 10.7. The highest BCUT2D eigenvalue weighted by molar-refractivity contribution is 5.66. The van der Waals surface area contributed by atoms with Crippen LogP contribution in [-0.2, 0) is 9.53 Å². The molecular weight excluding hydrogens is 152 g/mol. The number of ether oxygens (including phenoxy) is 1. The molecule has 1 aliphatic carbocycles. The lowest BCUT2D eigenvalue weighted by atomic mass is 9.80. The van der Waals surface area contributed by atoms with Gasteiger partial charge in [0, 0.05) is 6.92 Å². The number of carbonyl (C=O) groups is 1. The molecule has 0 saturated heterocycles. The molecule has 0 bridgehead atoms. The molecule has 0 aromatic heterocycles. The van der Waals surface area contributed by atoms with Gasteiger partial charge < -0.3 is 4.74 Å².